The number of hydrogen-bond donors (Lipinski definition) is 0. The van der Waals surface area contributed by atoms with Gasteiger partial charge in [0.25, 0.3) is 0 Å². The first-order valence-electron chi connectivity index (χ1n) is 9.22. The molecule has 0 N–H and O–H groups in total. The number of rotatable bonds is 3. The third-order valence-electron chi connectivity index (χ3n) is 5.22. The minimum Gasteiger partial charge on any atom is -0.341 e. The van der Waals surface area contributed by atoms with Crippen LogP contribution in [0.5, 0.6) is 0 Å². The zero-order valence-electron chi connectivity index (χ0n) is 15.9. The Morgan fingerprint density at radius 1 is 1.17 bits per heavy atom. The molecule has 7 nitrogen and oxygen atoms in total. The molecule has 0 aliphatic carbocycles. The van der Waals surface area contributed by atoms with E-state index in [0.29, 0.717) is 16.2 Å². The molecule has 2 fully saturated rings. The van der Waals surface area contributed by atoms with Crippen molar-refractivity contribution in [1.29, 1.82) is 0 Å². The molecule has 30 heavy (non-hydrogen) atoms. The fourth-order valence-electron chi connectivity index (χ4n) is 4.00. The molecule has 4 atom stereocenters. The van der Waals surface area contributed by atoms with E-state index in [9.17, 15) is 9.18 Å². The molecule has 0 saturated carbocycles. The molecule has 0 bridgehead atoms. The second kappa shape index (κ2) is 6.96. The van der Waals surface area contributed by atoms with E-state index in [1.54, 1.807) is 30.7 Å². The second-order valence-corrected chi connectivity index (χ2v) is 8.42. The fraction of sp³-hybridized carbons (Fsp3) is 0.350. The van der Waals surface area contributed by atoms with Gasteiger partial charge in [0.2, 0.25) is 0 Å². The first-order chi connectivity index (χ1) is 14.2. The lowest BCUT2D eigenvalue weighted by atomic mass is 10.0. The quantitative estimate of drug-likeness (QED) is 0.439. The van der Waals surface area contributed by atoms with Crippen molar-refractivity contribution in [2.45, 2.75) is 44.2 Å². The number of carbonyl (C=O) groups excluding carboxylic acids is 1. The van der Waals surface area contributed by atoms with Crippen LogP contribution in [-0.4, -0.2) is 44.4 Å². The van der Waals surface area contributed by atoms with Crippen molar-refractivity contribution >= 4 is 40.0 Å². The predicted molar refractivity (Wildman–Crippen MR) is 106 cm³/mol. The van der Waals surface area contributed by atoms with Gasteiger partial charge in [0, 0.05) is 11.2 Å². The van der Waals surface area contributed by atoms with Crippen molar-refractivity contribution in [3.8, 4) is 0 Å². The summed E-state index contributed by atoms with van der Waals surface area (Å²) in [5.74, 6) is -2.21. The largest absolute Gasteiger partial charge is 0.341 e. The Morgan fingerprint density at radius 2 is 1.93 bits per heavy atom. The average Bonchev–Trinajstić information content (AvgIpc) is 3.32. The predicted octanol–water partition coefficient (Wildman–Crippen LogP) is 4.18. The molecule has 2 aromatic heterocycles. The lowest BCUT2D eigenvalue weighted by Crippen LogP contribution is -2.36. The number of fused-ring (bicyclic) bond motifs is 2. The Kier molecular flexibility index (Phi) is 4.61. The summed E-state index contributed by atoms with van der Waals surface area (Å²) in [6.07, 6.45) is -0.0835. The van der Waals surface area contributed by atoms with Gasteiger partial charge in [0.15, 0.2) is 23.9 Å². The number of benzene rings is 1. The summed E-state index contributed by atoms with van der Waals surface area (Å²) in [4.78, 5) is 21.4. The van der Waals surface area contributed by atoms with Crippen LogP contribution < -0.4 is 0 Å². The molecule has 5 rings (SSSR count). The monoisotopic (exact) mass is 451 g/mol. The van der Waals surface area contributed by atoms with Crippen LogP contribution in [-0.2, 0) is 14.2 Å². The summed E-state index contributed by atoms with van der Waals surface area (Å²) in [5, 5.41) is 1.13. The Labute approximate surface area is 180 Å². The lowest BCUT2D eigenvalue weighted by Gasteiger charge is -2.24. The van der Waals surface area contributed by atoms with Crippen LogP contribution in [0.1, 0.15) is 30.4 Å². The normalized spacial score (nSPS) is 27.5. The molecule has 2 aliphatic heterocycles. The van der Waals surface area contributed by atoms with E-state index in [1.807, 2.05) is 0 Å². The van der Waals surface area contributed by atoms with E-state index in [-0.39, 0.29) is 10.6 Å². The van der Waals surface area contributed by atoms with Gasteiger partial charge in [0.1, 0.15) is 35.2 Å². The third-order valence-corrected chi connectivity index (χ3v) is 5.76. The van der Waals surface area contributed by atoms with E-state index in [2.05, 4.69) is 9.97 Å². The SMILES string of the molecule is CC1(C)O[C@@H]2[C@H](O1)[C@@H](C(=O)c1ccc(Cl)cc1F)O[C@H]2n1ccc2c(Cl)ncnc21. The molecule has 0 unspecified atom stereocenters. The highest BCUT2D eigenvalue weighted by Gasteiger charge is 2.58. The number of nitrogens with zero attached hydrogens (tertiary/aromatic N) is 3. The van der Waals surface area contributed by atoms with Crippen LogP contribution in [0.25, 0.3) is 11.0 Å². The van der Waals surface area contributed by atoms with Gasteiger partial charge < -0.3 is 18.8 Å². The van der Waals surface area contributed by atoms with E-state index in [0.717, 1.165) is 6.07 Å². The number of carbonyl (C=O) groups is 1. The summed E-state index contributed by atoms with van der Waals surface area (Å²) in [6, 6.07) is 5.64. The molecule has 156 valence electrons. The lowest BCUT2D eigenvalue weighted by molar-refractivity contribution is -0.190. The molecular formula is C20H16Cl2FN3O4. The fourth-order valence-corrected chi connectivity index (χ4v) is 4.35. The Bertz CT molecular complexity index is 1170. The van der Waals surface area contributed by atoms with Gasteiger partial charge in [-0.05, 0) is 38.1 Å². The van der Waals surface area contributed by atoms with E-state index in [4.69, 9.17) is 37.4 Å². The minimum absolute atomic E-state index is 0.125. The van der Waals surface area contributed by atoms with Crippen molar-refractivity contribution in [3.05, 3.63) is 58.3 Å². The van der Waals surface area contributed by atoms with Crippen molar-refractivity contribution in [2.75, 3.05) is 0 Å². The van der Waals surface area contributed by atoms with Crippen molar-refractivity contribution in [3.63, 3.8) is 0 Å². The molecule has 2 aliphatic rings. The van der Waals surface area contributed by atoms with Gasteiger partial charge in [-0.3, -0.25) is 4.79 Å². The Balaban J connectivity index is 1.56. The molecule has 10 heteroatoms. The maximum atomic E-state index is 14.4. The number of hydrogen-bond acceptors (Lipinski definition) is 6. The number of ketones is 1. The standard InChI is InChI=1S/C20H16Cl2FN3O4/c1-20(2)29-15-14(13(27)10-4-3-9(21)7-12(10)23)28-19(16(15)30-20)26-6-5-11-17(22)24-8-25-18(11)26/h3-8,14-16,19H,1-2H3/t14-,15-,16-,19-/m1/s1. The summed E-state index contributed by atoms with van der Waals surface area (Å²) >= 11 is 12.0. The summed E-state index contributed by atoms with van der Waals surface area (Å²) in [5.41, 5.74) is 0.401. The molecule has 4 heterocycles. The average molecular weight is 452 g/mol. The molecule has 0 amide bonds. The van der Waals surface area contributed by atoms with Crippen LogP contribution in [0.2, 0.25) is 10.2 Å². The van der Waals surface area contributed by atoms with Crippen LogP contribution in [0.3, 0.4) is 0 Å². The summed E-state index contributed by atoms with van der Waals surface area (Å²) in [7, 11) is 0. The van der Waals surface area contributed by atoms with Crippen LogP contribution in [0.15, 0.2) is 36.8 Å². The van der Waals surface area contributed by atoms with Crippen LogP contribution in [0, 0.1) is 5.82 Å². The number of ether oxygens (including phenoxy) is 3. The number of Topliss-reactive ketones (excluding diaryl/α,β-unsaturated/α-hetero) is 1. The second-order valence-electron chi connectivity index (χ2n) is 7.63. The Hall–Kier alpha value is -2.10. The topological polar surface area (TPSA) is 75.5 Å². The highest BCUT2D eigenvalue weighted by Crippen LogP contribution is 2.45. The van der Waals surface area contributed by atoms with Crippen LogP contribution in [0.4, 0.5) is 4.39 Å². The van der Waals surface area contributed by atoms with E-state index >= 15 is 0 Å². The van der Waals surface area contributed by atoms with Gasteiger partial charge in [0.05, 0.1) is 10.9 Å². The number of aromatic nitrogens is 3. The van der Waals surface area contributed by atoms with Gasteiger partial charge >= 0.3 is 0 Å². The summed E-state index contributed by atoms with van der Waals surface area (Å²) < 4.78 is 34.2. The molecular weight excluding hydrogens is 436 g/mol. The highest BCUT2D eigenvalue weighted by atomic mass is 35.5. The van der Waals surface area contributed by atoms with Crippen LogP contribution >= 0.6 is 23.2 Å². The maximum absolute atomic E-state index is 14.4. The first-order valence-corrected chi connectivity index (χ1v) is 9.98. The van der Waals surface area contributed by atoms with Crippen molar-refractivity contribution < 1.29 is 23.4 Å². The van der Waals surface area contributed by atoms with E-state index < -0.39 is 41.9 Å². The van der Waals surface area contributed by atoms with Gasteiger partial charge in [-0.2, -0.15) is 0 Å². The molecule has 0 spiro atoms. The van der Waals surface area contributed by atoms with E-state index in [1.165, 1.54) is 18.5 Å². The molecule has 0 radical (unpaired) electrons. The first kappa shape index (κ1) is 19.8. The molecule has 3 aromatic rings. The molecule has 2 saturated heterocycles. The number of halogens is 3. The zero-order chi connectivity index (χ0) is 21.2. The smallest absolute Gasteiger partial charge is 0.197 e. The minimum atomic E-state index is -1.08. The van der Waals surface area contributed by atoms with Crippen molar-refractivity contribution in [2.24, 2.45) is 0 Å². The maximum Gasteiger partial charge on any atom is 0.197 e. The molecule has 1 aromatic carbocycles. The zero-order valence-corrected chi connectivity index (χ0v) is 17.4. The van der Waals surface area contributed by atoms with Gasteiger partial charge in [-0.15, -0.1) is 0 Å². The highest BCUT2D eigenvalue weighted by molar-refractivity contribution is 6.33. The summed E-state index contributed by atoms with van der Waals surface area (Å²) in [6.45, 7) is 3.50. The third kappa shape index (κ3) is 3.11. The van der Waals surface area contributed by atoms with Gasteiger partial charge in [-0.1, -0.05) is 23.2 Å². The van der Waals surface area contributed by atoms with Crippen molar-refractivity contribution in [1.82, 2.24) is 14.5 Å². The Morgan fingerprint density at radius 3 is 2.70 bits per heavy atom. The van der Waals surface area contributed by atoms with Gasteiger partial charge in [-0.25, -0.2) is 14.4 Å².